The Morgan fingerprint density at radius 3 is 2.40 bits per heavy atom. The molecule has 3 aromatic rings. The Morgan fingerprint density at radius 2 is 1.64 bits per heavy atom. The molecule has 2 aromatic carbocycles. The van der Waals surface area contributed by atoms with Crippen LogP contribution in [0.3, 0.4) is 0 Å². The molecule has 0 amide bonds. The quantitative estimate of drug-likeness (QED) is 0.514. The molecule has 0 unspecified atom stereocenters. The number of fused-ring (bicyclic) bond motifs is 1. The molecule has 0 spiro atoms. The number of aryl methyl sites for hydroxylation is 3. The largest absolute Gasteiger partial charge is 0.220 e. The van der Waals surface area contributed by atoms with E-state index in [0.717, 1.165) is 5.92 Å². The monoisotopic (exact) mass is 330 g/mol. The van der Waals surface area contributed by atoms with Gasteiger partial charge in [0.15, 0.2) is 5.69 Å². The van der Waals surface area contributed by atoms with Gasteiger partial charge in [0, 0.05) is 18.6 Å². The second-order valence-electron chi connectivity index (χ2n) is 7.84. The van der Waals surface area contributed by atoms with Crippen molar-refractivity contribution in [2.24, 2.45) is 7.05 Å². The number of rotatable bonds is 2. The van der Waals surface area contributed by atoms with E-state index in [4.69, 9.17) is 0 Å². The van der Waals surface area contributed by atoms with E-state index in [1.807, 2.05) is 0 Å². The Kier molecular flexibility index (Phi) is 4.11. The highest BCUT2D eigenvalue weighted by molar-refractivity contribution is 5.94. The second kappa shape index (κ2) is 6.29. The lowest BCUT2D eigenvalue weighted by atomic mass is 9.92. The molecule has 1 aliphatic rings. The zero-order chi connectivity index (χ0) is 17.6. The van der Waals surface area contributed by atoms with Gasteiger partial charge in [-0.1, -0.05) is 42.7 Å². The van der Waals surface area contributed by atoms with Gasteiger partial charge < -0.3 is 0 Å². The molecule has 0 atom stereocenters. The predicted octanol–water partition coefficient (Wildman–Crippen LogP) is 5.91. The summed E-state index contributed by atoms with van der Waals surface area (Å²) < 4.78 is 2.35. The smallest absolute Gasteiger partial charge is 0.198 e. The first-order chi connectivity index (χ1) is 12.0. The van der Waals surface area contributed by atoms with Crippen LogP contribution in [0.2, 0.25) is 0 Å². The average molecular weight is 330 g/mol. The van der Waals surface area contributed by atoms with E-state index in [1.54, 1.807) is 0 Å². The molecule has 1 heteroatoms. The van der Waals surface area contributed by atoms with Crippen LogP contribution in [0.15, 0.2) is 42.5 Å². The lowest BCUT2D eigenvalue weighted by Crippen LogP contribution is -2.35. The van der Waals surface area contributed by atoms with Gasteiger partial charge in [0.1, 0.15) is 7.05 Å². The maximum Gasteiger partial charge on any atom is 0.220 e. The van der Waals surface area contributed by atoms with Crippen molar-refractivity contribution in [2.45, 2.75) is 52.4 Å². The third-order valence-corrected chi connectivity index (χ3v) is 6.03. The fourth-order valence-electron chi connectivity index (χ4n) is 4.42. The summed E-state index contributed by atoms with van der Waals surface area (Å²) >= 11 is 0. The summed E-state index contributed by atoms with van der Waals surface area (Å²) in [6, 6.07) is 16.3. The highest BCUT2D eigenvalue weighted by Crippen LogP contribution is 2.37. The summed E-state index contributed by atoms with van der Waals surface area (Å²) in [6.45, 7) is 6.62. The molecule has 1 aliphatic carbocycles. The van der Waals surface area contributed by atoms with Crippen LogP contribution in [0.5, 0.6) is 0 Å². The molecule has 1 fully saturated rings. The van der Waals surface area contributed by atoms with Gasteiger partial charge in [-0.05, 0) is 61.3 Å². The Hall–Kier alpha value is -2.15. The van der Waals surface area contributed by atoms with Crippen molar-refractivity contribution in [3.63, 3.8) is 0 Å². The fraction of sp³-hybridized carbons (Fsp3) is 0.375. The van der Waals surface area contributed by atoms with Crippen molar-refractivity contribution in [2.75, 3.05) is 0 Å². The van der Waals surface area contributed by atoms with Crippen LogP contribution in [0.1, 0.15) is 54.0 Å². The second-order valence-corrected chi connectivity index (χ2v) is 7.84. The predicted molar refractivity (Wildman–Crippen MR) is 106 cm³/mol. The van der Waals surface area contributed by atoms with E-state index < -0.39 is 0 Å². The van der Waals surface area contributed by atoms with Crippen LogP contribution in [0.4, 0.5) is 0 Å². The zero-order valence-corrected chi connectivity index (χ0v) is 15.9. The Bertz CT molecular complexity index is 946. The molecular weight excluding hydrogens is 302 g/mol. The Balaban J connectivity index is 1.96. The molecule has 128 valence electrons. The lowest BCUT2D eigenvalue weighted by molar-refractivity contribution is -0.665. The molecule has 0 saturated heterocycles. The van der Waals surface area contributed by atoms with Crippen LogP contribution < -0.4 is 4.57 Å². The van der Waals surface area contributed by atoms with E-state index in [1.165, 1.54) is 70.1 Å². The van der Waals surface area contributed by atoms with Gasteiger partial charge in [0.25, 0.3) is 0 Å². The maximum absolute atomic E-state index is 2.45. The summed E-state index contributed by atoms with van der Waals surface area (Å²) in [7, 11) is 2.19. The molecule has 0 N–H and O–H groups in total. The standard InChI is InChI=1S/C24H28N/c1-16-9-10-17(2)23(13-16)24-22-12-11-20(19-7-5-6-8-19)15-21(22)14-18(3)25(24)4/h9-15,19H,5-8H2,1-4H3/q+1. The van der Waals surface area contributed by atoms with Crippen molar-refractivity contribution in [3.8, 4) is 11.3 Å². The van der Waals surface area contributed by atoms with E-state index in [-0.39, 0.29) is 0 Å². The maximum atomic E-state index is 2.45. The average Bonchev–Trinajstić information content (AvgIpc) is 3.13. The van der Waals surface area contributed by atoms with Gasteiger partial charge in [0.2, 0.25) is 5.69 Å². The lowest BCUT2D eigenvalue weighted by Gasteiger charge is -2.14. The van der Waals surface area contributed by atoms with Gasteiger partial charge in [-0.2, -0.15) is 4.57 Å². The number of pyridine rings is 1. The third-order valence-electron chi connectivity index (χ3n) is 6.03. The molecule has 4 rings (SSSR count). The van der Waals surface area contributed by atoms with Crippen molar-refractivity contribution in [3.05, 3.63) is 64.8 Å². The topological polar surface area (TPSA) is 3.88 Å². The molecule has 0 bridgehead atoms. The summed E-state index contributed by atoms with van der Waals surface area (Å²) in [6.07, 6.45) is 5.49. The molecular formula is C24H28N+. The number of hydrogen-bond donors (Lipinski definition) is 0. The highest BCUT2D eigenvalue weighted by Gasteiger charge is 2.22. The van der Waals surface area contributed by atoms with Crippen LogP contribution in [0.25, 0.3) is 22.0 Å². The van der Waals surface area contributed by atoms with E-state index in [0.29, 0.717) is 0 Å². The summed E-state index contributed by atoms with van der Waals surface area (Å²) in [5.74, 6) is 0.766. The van der Waals surface area contributed by atoms with Crippen molar-refractivity contribution in [1.29, 1.82) is 0 Å². The number of aromatic nitrogens is 1. The minimum Gasteiger partial charge on any atom is -0.198 e. The molecule has 25 heavy (non-hydrogen) atoms. The van der Waals surface area contributed by atoms with E-state index in [2.05, 4.69) is 74.9 Å². The first kappa shape index (κ1) is 16.3. The van der Waals surface area contributed by atoms with Crippen LogP contribution in [-0.4, -0.2) is 0 Å². The first-order valence-corrected chi connectivity index (χ1v) is 9.55. The van der Waals surface area contributed by atoms with Crippen LogP contribution in [0, 0.1) is 20.8 Å². The Labute approximate surface area is 151 Å². The summed E-state index contributed by atoms with van der Waals surface area (Å²) in [5.41, 5.74) is 8.20. The van der Waals surface area contributed by atoms with Crippen LogP contribution in [-0.2, 0) is 7.05 Å². The van der Waals surface area contributed by atoms with Gasteiger partial charge >= 0.3 is 0 Å². The fourth-order valence-corrected chi connectivity index (χ4v) is 4.42. The van der Waals surface area contributed by atoms with Crippen molar-refractivity contribution >= 4 is 10.8 Å². The molecule has 1 saturated carbocycles. The SMILES string of the molecule is Cc1ccc(C)c(-c2c3ccc(C4CCCC4)cc3cc(C)[n+]2C)c1. The van der Waals surface area contributed by atoms with E-state index in [9.17, 15) is 0 Å². The van der Waals surface area contributed by atoms with Gasteiger partial charge in [0.05, 0.1) is 5.39 Å². The third kappa shape index (κ3) is 2.86. The van der Waals surface area contributed by atoms with Crippen LogP contribution >= 0.6 is 0 Å². The minimum atomic E-state index is 0.766. The number of hydrogen-bond acceptors (Lipinski definition) is 0. The number of nitrogens with zero attached hydrogens (tertiary/aromatic N) is 1. The molecule has 1 heterocycles. The molecule has 1 nitrogen and oxygen atoms in total. The molecule has 0 aliphatic heterocycles. The summed E-state index contributed by atoms with van der Waals surface area (Å²) in [4.78, 5) is 0. The number of benzene rings is 2. The molecule has 1 aromatic heterocycles. The van der Waals surface area contributed by atoms with E-state index >= 15 is 0 Å². The molecule has 0 radical (unpaired) electrons. The zero-order valence-electron chi connectivity index (χ0n) is 15.9. The summed E-state index contributed by atoms with van der Waals surface area (Å²) in [5, 5.41) is 2.75. The first-order valence-electron chi connectivity index (χ1n) is 9.55. The van der Waals surface area contributed by atoms with Crippen molar-refractivity contribution in [1.82, 2.24) is 0 Å². The van der Waals surface area contributed by atoms with Gasteiger partial charge in [-0.25, -0.2) is 0 Å². The van der Waals surface area contributed by atoms with Crippen molar-refractivity contribution < 1.29 is 4.57 Å². The minimum absolute atomic E-state index is 0.766. The Morgan fingerprint density at radius 1 is 0.880 bits per heavy atom. The normalized spacial score (nSPS) is 15.2. The highest BCUT2D eigenvalue weighted by atomic mass is 14.9. The van der Waals surface area contributed by atoms with Gasteiger partial charge in [-0.3, -0.25) is 0 Å². The van der Waals surface area contributed by atoms with Gasteiger partial charge in [-0.15, -0.1) is 0 Å².